The number of halogens is 3. The molecule has 0 heterocycles. The van der Waals surface area contributed by atoms with E-state index in [1.807, 2.05) is 6.07 Å². The molecular formula is C12H10BrClFNO2. The van der Waals surface area contributed by atoms with Gasteiger partial charge in [-0.3, -0.25) is 4.79 Å². The van der Waals surface area contributed by atoms with E-state index < -0.39 is 17.7 Å². The van der Waals surface area contributed by atoms with E-state index in [-0.39, 0.29) is 17.3 Å². The number of carbonyl (C=O) groups excluding carboxylic acids is 1. The molecule has 6 heteroatoms. The van der Waals surface area contributed by atoms with Crippen LogP contribution in [0.1, 0.15) is 24.3 Å². The van der Waals surface area contributed by atoms with Gasteiger partial charge in [0, 0.05) is 11.4 Å². The van der Waals surface area contributed by atoms with E-state index in [2.05, 4.69) is 20.7 Å². The number of methoxy groups -OCH3 is 1. The molecule has 0 N–H and O–H groups in total. The van der Waals surface area contributed by atoms with Crippen LogP contribution < -0.4 is 0 Å². The number of benzene rings is 1. The Labute approximate surface area is 118 Å². The fourth-order valence-corrected chi connectivity index (χ4v) is 2.23. The summed E-state index contributed by atoms with van der Waals surface area (Å²) in [5.74, 6) is -1.55. The summed E-state index contributed by atoms with van der Waals surface area (Å²) in [6.45, 7) is 0. The smallest absolute Gasteiger partial charge is 0.305 e. The van der Waals surface area contributed by atoms with Crippen molar-refractivity contribution in [2.24, 2.45) is 0 Å². The molecule has 0 spiro atoms. The number of ether oxygens (including phenoxy) is 1. The first-order valence-electron chi connectivity index (χ1n) is 5.10. The second-order valence-electron chi connectivity index (χ2n) is 3.58. The zero-order valence-electron chi connectivity index (χ0n) is 9.54. The quantitative estimate of drug-likeness (QED) is 0.621. The zero-order chi connectivity index (χ0) is 13.7. The first kappa shape index (κ1) is 14.9. The fraction of sp³-hybridized carbons (Fsp3) is 0.333. The first-order valence-corrected chi connectivity index (χ1v) is 6.27. The van der Waals surface area contributed by atoms with E-state index in [9.17, 15) is 9.18 Å². The van der Waals surface area contributed by atoms with Gasteiger partial charge in [-0.1, -0.05) is 11.6 Å². The Morgan fingerprint density at radius 1 is 1.67 bits per heavy atom. The van der Waals surface area contributed by atoms with Crippen LogP contribution >= 0.6 is 27.5 Å². The van der Waals surface area contributed by atoms with Crippen LogP contribution in [0.3, 0.4) is 0 Å². The normalized spacial score (nSPS) is 11.7. The summed E-state index contributed by atoms with van der Waals surface area (Å²) in [5, 5.41) is 9.35. The second kappa shape index (κ2) is 6.72. The third-order valence-electron chi connectivity index (χ3n) is 2.44. The van der Waals surface area contributed by atoms with Gasteiger partial charge in [0.15, 0.2) is 0 Å². The number of nitriles is 1. The van der Waals surface area contributed by atoms with Crippen molar-refractivity contribution in [1.29, 1.82) is 5.26 Å². The Morgan fingerprint density at radius 3 is 2.89 bits per heavy atom. The second-order valence-corrected chi connectivity index (χ2v) is 4.85. The van der Waals surface area contributed by atoms with Crippen LogP contribution in [-0.2, 0) is 9.53 Å². The molecule has 0 saturated heterocycles. The third-order valence-corrected chi connectivity index (χ3v) is 3.37. The molecule has 3 nitrogen and oxygen atoms in total. The van der Waals surface area contributed by atoms with Crippen molar-refractivity contribution >= 4 is 33.5 Å². The number of hydrogen-bond donors (Lipinski definition) is 0. The summed E-state index contributed by atoms with van der Waals surface area (Å²) in [7, 11) is 1.27. The van der Waals surface area contributed by atoms with Crippen molar-refractivity contribution in [3.8, 4) is 6.07 Å². The number of esters is 1. The van der Waals surface area contributed by atoms with Gasteiger partial charge in [0.05, 0.1) is 23.6 Å². The summed E-state index contributed by atoms with van der Waals surface area (Å²) in [5.41, 5.74) is 0.378. The van der Waals surface area contributed by atoms with Crippen LogP contribution in [0, 0.1) is 17.1 Å². The lowest BCUT2D eigenvalue weighted by molar-refractivity contribution is -0.140. The standard InChI is InChI=1S/C12H10BrClFNO2/c1-18-12(17)3-2-7(6-16)8-4-11(15)9(13)5-10(8)14/h4-5,7H,2-3H2,1H3. The molecular weight excluding hydrogens is 324 g/mol. The highest BCUT2D eigenvalue weighted by atomic mass is 79.9. The summed E-state index contributed by atoms with van der Waals surface area (Å²) in [6, 6.07) is 4.61. The molecule has 0 saturated carbocycles. The van der Waals surface area contributed by atoms with Gasteiger partial charge in [-0.25, -0.2) is 4.39 Å². The van der Waals surface area contributed by atoms with Crippen LogP contribution in [0.2, 0.25) is 5.02 Å². The van der Waals surface area contributed by atoms with Crippen LogP contribution in [-0.4, -0.2) is 13.1 Å². The van der Waals surface area contributed by atoms with Gasteiger partial charge in [0.25, 0.3) is 0 Å². The van der Waals surface area contributed by atoms with Crippen LogP contribution in [0.4, 0.5) is 4.39 Å². The minimum absolute atomic E-state index is 0.0861. The topological polar surface area (TPSA) is 50.1 Å². The summed E-state index contributed by atoms with van der Waals surface area (Å²) in [4.78, 5) is 11.0. The predicted molar refractivity (Wildman–Crippen MR) is 68.7 cm³/mol. The number of nitrogens with zero attached hydrogens (tertiary/aromatic N) is 1. The number of hydrogen-bond acceptors (Lipinski definition) is 3. The monoisotopic (exact) mass is 333 g/mol. The summed E-state index contributed by atoms with van der Waals surface area (Å²) in [6.07, 6.45) is 0.326. The molecule has 1 unspecified atom stereocenters. The summed E-state index contributed by atoms with van der Waals surface area (Å²) >= 11 is 8.97. The summed E-state index contributed by atoms with van der Waals surface area (Å²) < 4.78 is 18.1. The van der Waals surface area contributed by atoms with E-state index in [0.29, 0.717) is 10.6 Å². The maximum Gasteiger partial charge on any atom is 0.305 e. The lowest BCUT2D eigenvalue weighted by Gasteiger charge is -2.11. The Morgan fingerprint density at radius 2 is 2.33 bits per heavy atom. The Bertz CT molecular complexity index is 502. The van der Waals surface area contributed by atoms with Gasteiger partial charge in [-0.2, -0.15) is 5.26 Å². The molecule has 1 aromatic carbocycles. The predicted octanol–water partition coefficient (Wildman–Crippen LogP) is 3.80. The van der Waals surface area contributed by atoms with Crippen molar-refractivity contribution < 1.29 is 13.9 Å². The van der Waals surface area contributed by atoms with Gasteiger partial charge in [-0.05, 0) is 40.0 Å². The van der Waals surface area contributed by atoms with E-state index >= 15 is 0 Å². The van der Waals surface area contributed by atoms with E-state index in [1.165, 1.54) is 19.2 Å². The molecule has 0 aliphatic rings. The molecule has 1 rings (SSSR count). The SMILES string of the molecule is COC(=O)CCC(C#N)c1cc(F)c(Br)cc1Cl. The molecule has 0 amide bonds. The molecule has 96 valence electrons. The van der Waals surface area contributed by atoms with E-state index in [4.69, 9.17) is 16.9 Å². The van der Waals surface area contributed by atoms with Crippen molar-refractivity contribution in [3.63, 3.8) is 0 Å². The first-order chi connectivity index (χ1) is 8.49. The maximum atomic E-state index is 13.4. The Kier molecular flexibility index (Phi) is 5.57. The average Bonchev–Trinajstić information content (AvgIpc) is 2.35. The Hall–Kier alpha value is -1.12. The largest absolute Gasteiger partial charge is 0.469 e. The Balaban J connectivity index is 2.93. The molecule has 1 aromatic rings. The molecule has 0 radical (unpaired) electrons. The van der Waals surface area contributed by atoms with Gasteiger partial charge in [-0.15, -0.1) is 0 Å². The molecule has 0 aliphatic carbocycles. The van der Waals surface area contributed by atoms with Gasteiger partial charge >= 0.3 is 5.97 Å². The molecule has 0 bridgehead atoms. The highest BCUT2D eigenvalue weighted by molar-refractivity contribution is 9.10. The van der Waals surface area contributed by atoms with E-state index in [1.54, 1.807) is 0 Å². The molecule has 0 aromatic heterocycles. The van der Waals surface area contributed by atoms with Crippen molar-refractivity contribution in [1.82, 2.24) is 0 Å². The molecule has 18 heavy (non-hydrogen) atoms. The van der Waals surface area contributed by atoms with Crippen LogP contribution in [0.25, 0.3) is 0 Å². The highest BCUT2D eigenvalue weighted by Crippen LogP contribution is 2.32. The van der Waals surface area contributed by atoms with Crippen molar-refractivity contribution in [2.75, 3.05) is 7.11 Å². The minimum Gasteiger partial charge on any atom is -0.469 e. The van der Waals surface area contributed by atoms with E-state index in [0.717, 1.165) is 0 Å². The molecule has 0 aliphatic heterocycles. The van der Waals surface area contributed by atoms with Gasteiger partial charge in [0.2, 0.25) is 0 Å². The lowest BCUT2D eigenvalue weighted by atomic mass is 9.95. The average molecular weight is 335 g/mol. The van der Waals surface area contributed by atoms with Gasteiger partial charge in [0.1, 0.15) is 5.82 Å². The minimum atomic E-state index is -0.640. The zero-order valence-corrected chi connectivity index (χ0v) is 11.9. The van der Waals surface area contributed by atoms with Crippen LogP contribution in [0.15, 0.2) is 16.6 Å². The number of rotatable bonds is 4. The number of carbonyl (C=O) groups is 1. The fourth-order valence-electron chi connectivity index (χ4n) is 1.46. The van der Waals surface area contributed by atoms with Crippen LogP contribution in [0.5, 0.6) is 0 Å². The molecule has 0 fully saturated rings. The molecule has 1 atom stereocenters. The third kappa shape index (κ3) is 3.69. The lowest BCUT2D eigenvalue weighted by Crippen LogP contribution is -2.05. The highest BCUT2D eigenvalue weighted by Gasteiger charge is 2.18. The van der Waals surface area contributed by atoms with Crippen molar-refractivity contribution in [2.45, 2.75) is 18.8 Å². The maximum absolute atomic E-state index is 13.4. The van der Waals surface area contributed by atoms with Crippen molar-refractivity contribution in [3.05, 3.63) is 33.0 Å². The van der Waals surface area contributed by atoms with Gasteiger partial charge < -0.3 is 4.74 Å².